The summed E-state index contributed by atoms with van der Waals surface area (Å²) in [7, 11) is 0. The van der Waals surface area contributed by atoms with E-state index in [2.05, 4.69) is 20.8 Å². The molecule has 0 saturated heterocycles. The summed E-state index contributed by atoms with van der Waals surface area (Å²) in [5.74, 6) is 0. The first-order chi connectivity index (χ1) is 9.95. The van der Waals surface area contributed by atoms with Crippen LogP contribution in [0.25, 0.3) is 0 Å². The Morgan fingerprint density at radius 2 is 0.962 bits per heavy atom. The molecule has 0 aromatic carbocycles. The van der Waals surface area contributed by atoms with Gasteiger partial charge in [0.05, 0.1) is 23.9 Å². The molecule has 0 spiro atoms. The smallest absolute Gasteiger partial charge is 0.0768 e. The van der Waals surface area contributed by atoms with E-state index in [0.29, 0.717) is 0 Å². The molecule has 0 radical (unpaired) electrons. The summed E-state index contributed by atoms with van der Waals surface area (Å²) in [6.45, 7) is 17.1. The second-order valence-corrected chi connectivity index (χ2v) is 6.05. The zero-order valence-corrected chi connectivity index (χ0v) is 16.6. The minimum Gasteiger partial charge on any atom is -0.393 e. The lowest BCUT2D eigenvalue weighted by Gasteiger charge is -2.19. The lowest BCUT2D eigenvalue weighted by Crippen LogP contribution is -2.21. The van der Waals surface area contributed by atoms with Crippen LogP contribution in [0.1, 0.15) is 124 Å². The minimum absolute atomic E-state index is 0. The van der Waals surface area contributed by atoms with Crippen LogP contribution in [-0.4, -0.2) is 44.3 Å². The van der Waals surface area contributed by atoms with Gasteiger partial charge in [-0.1, -0.05) is 77.2 Å². The van der Waals surface area contributed by atoms with Crippen LogP contribution in [0.4, 0.5) is 0 Å². The van der Waals surface area contributed by atoms with Gasteiger partial charge in [0.2, 0.25) is 0 Å². The van der Waals surface area contributed by atoms with Gasteiger partial charge in [0, 0.05) is 0 Å². The summed E-state index contributed by atoms with van der Waals surface area (Å²) in [4.78, 5) is 0. The molecule has 0 amide bonds. The van der Waals surface area contributed by atoms with Crippen LogP contribution in [-0.2, 0) is 0 Å². The fourth-order valence-electron chi connectivity index (χ4n) is 0.715. The lowest BCUT2D eigenvalue weighted by molar-refractivity contribution is 0.0438. The highest BCUT2D eigenvalue weighted by Gasteiger charge is 2.14. The summed E-state index contributed by atoms with van der Waals surface area (Å²) < 4.78 is 0. The van der Waals surface area contributed by atoms with Gasteiger partial charge in [0.15, 0.2) is 0 Å². The molecule has 26 heavy (non-hydrogen) atoms. The van der Waals surface area contributed by atoms with Crippen LogP contribution in [0.2, 0.25) is 0 Å². The van der Waals surface area contributed by atoms with Gasteiger partial charge in [0.1, 0.15) is 0 Å². The average Bonchev–Trinajstić information content (AvgIpc) is 2.41. The van der Waals surface area contributed by atoms with E-state index in [1.807, 2.05) is 20.8 Å². The molecule has 172 valence electrons. The Hall–Kier alpha value is -0.160. The highest BCUT2D eigenvalue weighted by Crippen LogP contribution is 2.14. The normalized spacial score (nSPS) is 13.7. The Bertz CT molecular complexity index is 173. The number of aliphatic hydroxyl groups is 4. The highest BCUT2D eigenvalue weighted by molar-refractivity contribution is 4.67. The summed E-state index contributed by atoms with van der Waals surface area (Å²) >= 11 is 0. The second-order valence-electron chi connectivity index (χ2n) is 6.05. The van der Waals surface area contributed by atoms with Gasteiger partial charge in [-0.15, -0.1) is 0 Å². The monoisotopic (exact) mass is 388 g/mol. The van der Waals surface area contributed by atoms with E-state index in [4.69, 9.17) is 15.3 Å². The number of rotatable bonds is 5. The van der Waals surface area contributed by atoms with Crippen molar-refractivity contribution >= 4 is 0 Å². The predicted octanol–water partition coefficient (Wildman–Crippen LogP) is 6.43. The molecule has 0 aromatic rings. The van der Waals surface area contributed by atoms with E-state index in [0.717, 1.165) is 25.7 Å². The molecule has 0 aliphatic heterocycles. The van der Waals surface area contributed by atoms with Gasteiger partial charge in [-0.2, -0.15) is 0 Å². The van der Waals surface area contributed by atoms with E-state index in [1.165, 1.54) is 6.42 Å². The van der Waals surface area contributed by atoms with Crippen LogP contribution in [0.15, 0.2) is 0 Å². The lowest BCUT2D eigenvalue weighted by atomic mass is 9.98. The Balaban J connectivity index is -0.0000000275. The molecule has 0 bridgehead atoms. The Kier molecular flexibility index (Phi) is 69.1. The first-order valence-electron chi connectivity index (χ1n) is 8.71. The molecular formula is C22H60O4. The molecule has 4 heteroatoms. The highest BCUT2D eigenvalue weighted by atomic mass is 16.3. The third kappa shape index (κ3) is 75.4. The Morgan fingerprint density at radius 3 is 1.00 bits per heavy atom. The Morgan fingerprint density at radius 1 is 0.731 bits per heavy atom. The zero-order chi connectivity index (χ0) is 18.8. The van der Waals surface area contributed by atoms with Crippen molar-refractivity contribution in [1.82, 2.24) is 0 Å². The first-order valence-corrected chi connectivity index (χ1v) is 8.71. The number of aliphatic hydroxyl groups excluding tert-OH is 3. The maximum atomic E-state index is 9.32. The first kappa shape index (κ1) is 50.1. The van der Waals surface area contributed by atoms with Gasteiger partial charge >= 0.3 is 0 Å². The summed E-state index contributed by atoms with van der Waals surface area (Å²) in [5.41, 5.74) is -0.408. The zero-order valence-electron chi connectivity index (χ0n) is 16.6. The molecular weight excluding hydrogens is 328 g/mol. The topological polar surface area (TPSA) is 80.9 Å². The molecule has 0 heterocycles. The van der Waals surface area contributed by atoms with Crippen LogP contribution in [0.3, 0.4) is 0 Å². The van der Waals surface area contributed by atoms with Crippen LogP contribution in [0, 0.1) is 0 Å². The number of hydrogen-bond acceptors (Lipinski definition) is 4. The van der Waals surface area contributed by atoms with E-state index >= 15 is 0 Å². The quantitative estimate of drug-likeness (QED) is 0.437. The van der Waals surface area contributed by atoms with Gasteiger partial charge in [-0.3, -0.25) is 0 Å². The third-order valence-corrected chi connectivity index (χ3v) is 2.84. The second kappa shape index (κ2) is 35.9. The van der Waals surface area contributed by atoms with E-state index in [1.54, 1.807) is 20.8 Å². The molecule has 4 N–H and O–H groups in total. The van der Waals surface area contributed by atoms with E-state index < -0.39 is 17.8 Å². The van der Waals surface area contributed by atoms with Crippen molar-refractivity contribution in [2.24, 2.45) is 0 Å². The van der Waals surface area contributed by atoms with Gasteiger partial charge in [-0.25, -0.2) is 0 Å². The van der Waals surface area contributed by atoms with Gasteiger partial charge in [0.25, 0.3) is 0 Å². The van der Waals surface area contributed by atoms with Crippen molar-refractivity contribution in [3.05, 3.63) is 0 Å². The van der Waals surface area contributed by atoms with E-state index in [-0.39, 0.29) is 35.8 Å². The molecule has 4 unspecified atom stereocenters. The van der Waals surface area contributed by atoms with Crippen molar-refractivity contribution in [2.45, 2.75) is 148 Å². The van der Waals surface area contributed by atoms with Gasteiger partial charge < -0.3 is 20.4 Å². The maximum absolute atomic E-state index is 9.32. The minimum atomic E-state index is -0.593. The molecule has 0 saturated carbocycles. The fourth-order valence-corrected chi connectivity index (χ4v) is 0.715. The van der Waals surface area contributed by atoms with Crippen molar-refractivity contribution in [3.63, 3.8) is 0 Å². The van der Waals surface area contributed by atoms with E-state index in [9.17, 15) is 5.11 Å². The summed E-state index contributed by atoms with van der Waals surface area (Å²) in [5, 5.41) is 34.4. The van der Waals surface area contributed by atoms with Crippen molar-refractivity contribution in [2.75, 3.05) is 0 Å². The van der Waals surface area contributed by atoms with Crippen molar-refractivity contribution in [3.8, 4) is 0 Å². The van der Waals surface area contributed by atoms with Crippen LogP contribution >= 0.6 is 0 Å². The summed E-state index contributed by atoms with van der Waals surface area (Å²) in [6.07, 6.45) is 3.66. The predicted molar refractivity (Wildman–Crippen MR) is 124 cm³/mol. The molecule has 0 aliphatic carbocycles. The molecule has 0 aliphatic rings. The van der Waals surface area contributed by atoms with Gasteiger partial charge in [-0.05, 0) is 47.0 Å². The molecule has 4 atom stereocenters. The largest absolute Gasteiger partial charge is 0.393 e. The fraction of sp³-hybridized carbons (Fsp3) is 1.00. The summed E-state index contributed by atoms with van der Waals surface area (Å²) in [6, 6.07) is 0. The number of hydrogen-bond donors (Lipinski definition) is 4. The Labute approximate surface area is 169 Å². The van der Waals surface area contributed by atoms with Crippen molar-refractivity contribution < 1.29 is 20.4 Å². The SMILES string of the molecule is C.C.C.C.CC(O)C(C)O.CCC.CCC(C)O.CCCC(C)(O)CC. The molecule has 0 fully saturated rings. The average molecular weight is 389 g/mol. The standard InChI is InChI=1S/C7H16O.C4H10O2.C4H10O.C3H8.4CH4/c1-4-6-7(3,8)5-2;1-3(5)4(2)6;1-3-4(2)5;1-3-2;;;;/h8H,4-6H2,1-3H3;3-6H,1-2H3;4-5H,3H2,1-2H3;3H2,1-2H3;4*1H4. The maximum Gasteiger partial charge on any atom is 0.0768 e. The molecule has 4 nitrogen and oxygen atoms in total. The van der Waals surface area contributed by atoms with Crippen LogP contribution < -0.4 is 0 Å². The van der Waals surface area contributed by atoms with Crippen LogP contribution in [0.5, 0.6) is 0 Å². The van der Waals surface area contributed by atoms with Crippen molar-refractivity contribution in [1.29, 1.82) is 0 Å². The third-order valence-electron chi connectivity index (χ3n) is 2.84. The molecule has 0 rings (SSSR count). The molecule has 0 aromatic heterocycles.